The van der Waals surface area contributed by atoms with Gasteiger partial charge in [-0.05, 0) is 35.7 Å². The minimum atomic E-state index is 0.0461. The fourth-order valence-electron chi connectivity index (χ4n) is 3.56. The van der Waals surface area contributed by atoms with Crippen molar-refractivity contribution in [1.82, 2.24) is 9.88 Å². The first-order chi connectivity index (χ1) is 12.8. The molecule has 130 valence electrons. The monoisotopic (exact) mass is 363 g/mol. The third-order valence-corrected chi connectivity index (χ3v) is 5.74. The summed E-state index contributed by atoms with van der Waals surface area (Å²) in [4.78, 5) is 20.8. The maximum atomic E-state index is 13.2. The number of nitrogens with zero attached hydrogens (tertiary/aromatic N) is 2. The summed E-state index contributed by atoms with van der Waals surface area (Å²) >= 11 is 1.59. The summed E-state index contributed by atoms with van der Waals surface area (Å²) in [7, 11) is 0. The number of hydrogen-bond acceptors (Lipinski definition) is 5. The zero-order chi connectivity index (χ0) is 17.5. The summed E-state index contributed by atoms with van der Waals surface area (Å²) in [5, 5.41) is 0.884. The highest BCUT2D eigenvalue weighted by Crippen LogP contribution is 2.45. The highest BCUT2D eigenvalue weighted by molar-refractivity contribution is 8.00. The van der Waals surface area contributed by atoms with Crippen molar-refractivity contribution in [3.05, 3.63) is 54.2 Å². The number of benzene rings is 2. The van der Waals surface area contributed by atoms with E-state index in [9.17, 15) is 4.79 Å². The predicted octanol–water partition coefficient (Wildman–Crippen LogP) is 3.81. The second-order valence-corrected chi connectivity index (χ2v) is 7.20. The lowest BCUT2D eigenvalue weighted by Gasteiger charge is -2.28. The largest absolute Gasteiger partial charge is 0.378 e. The number of amides is 1. The molecule has 0 bridgehead atoms. The highest BCUT2D eigenvalue weighted by Gasteiger charge is 2.26. The normalized spacial score (nSPS) is 15.9. The van der Waals surface area contributed by atoms with Crippen molar-refractivity contribution in [2.75, 3.05) is 31.0 Å². The summed E-state index contributed by atoms with van der Waals surface area (Å²) in [5.74, 6) is 0.0461. The van der Waals surface area contributed by atoms with E-state index in [1.807, 2.05) is 35.2 Å². The molecule has 1 saturated heterocycles. The number of ether oxygens (including phenoxy) is 1. The molecule has 1 N–H and O–H groups in total. The summed E-state index contributed by atoms with van der Waals surface area (Å²) in [6.45, 7) is 2.44. The molecule has 0 atom stereocenters. The number of rotatable bonds is 1. The first kappa shape index (κ1) is 15.7. The fraction of sp³-hybridized carbons (Fsp3) is 0.200. The van der Waals surface area contributed by atoms with Gasteiger partial charge in [0.25, 0.3) is 5.91 Å². The van der Waals surface area contributed by atoms with Crippen molar-refractivity contribution in [3.8, 4) is 11.1 Å². The third kappa shape index (κ3) is 2.45. The van der Waals surface area contributed by atoms with Crippen molar-refractivity contribution in [1.29, 1.82) is 0 Å². The highest BCUT2D eigenvalue weighted by atomic mass is 32.2. The van der Waals surface area contributed by atoms with E-state index in [1.54, 1.807) is 18.1 Å². The molecular weight excluding hydrogens is 346 g/mol. The van der Waals surface area contributed by atoms with E-state index in [1.165, 1.54) is 0 Å². The molecule has 1 amide bonds. The third-order valence-electron chi connectivity index (χ3n) is 4.86. The molecule has 2 aromatic carbocycles. The van der Waals surface area contributed by atoms with Gasteiger partial charge in [0.1, 0.15) is 0 Å². The minimum Gasteiger partial charge on any atom is -0.378 e. The van der Waals surface area contributed by atoms with Gasteiger partial charge in [-0.2, -0.15) is 0 Å². The number of pyridine rings is 1. The standard InChI is InChI=1S/C20H17N3O2S/c24-20(23-8-10-25-11-9-23)16-12-15-13-4-1-2-6-17(13)26-22-19(15)18-14(16)5-3-7-21-18/h1-7,12,22H,8-11H2. The molecule has 6 heteroatoms. The first-order valence-electron chi connectivity index (χ1n) is 8.64. The first-order valence-corrected chi connectivity index (χ1v) is 9.45. The Morgan fingerprint density at radius 1 is 1.12 bits per heavy atom. The van der Waals surface area contributed by atoms with E-state index in [-0.39, 0.29) is 5.91 Å². The van der Waals surface area contributed by atoms with Crippen LogP contribution in [-0.4, -0.2) is 42.1 Å². The Hall–Kier alpha value is -2.57. The number of morpholine rings is 1. The van der Waals surface area contributed by atoms with Crippen molar-refractivity contribution in [2.45, 2.75) is 4.90 Å². The maximum Gasteiger partial charge on any atom is 0.254 e. The fourth-order valence-corrected chi connectivity index (χ4v) is 4.41. The van der Waals surface area contributed by atoms with Gasteiger partial charge in [-0.15, -0.1) is 0 Å². The molecule has 3 heterocycles. The second-order valence-electron chi connectivity index (χ2n) is 6.35. The van der Waals surface area contributed by atoms with E-state index in [0.717, 1.165) is 32.6 Å². The molecule has 1 aromatic heterocycles. The smallest absolute Gasteiger partial charge is 0.254 e. The van der Waals surface area contributed by atoms with E-state index in [0.29, 0.717) is 31.9 Å². The summed E-state index contributed by atoms with van der Waals surface area (Å²) in [5.41, 5.74) is 4.68. The lowest BCUT2D eigenvalue weighted by molar-refractivity contribution is 0.0304. The Balaban J connectivity index is 1.73. The number of aromatic nitrogens is 1. The molecule has 0 saturated carbocycles. The molecule has 5 nitrogen and oxygen atoms in total. The van der Waals surface area contributed by atoms with Gasteiger partial charge < -0.3 is 14.4 Å². The van der Waals surface area contributed by atoms with Gasteiger partial charge in [-0.25, -0.2) is 0 Å². The number of anilines is 1. The number of carbonyl (C=O) groups excluding carboxylic acids is 1. The van der Waals surface area contributed by atoms with Crippen LogP contribution in [-0.2, 0) is 4.74 Å². The van der Waals surface area contributed by atoms with Crippen molar-refractivity contribution in [3.63, 3.8) is 0 Å². The summed E-state index contributed by atoms with van der Waals surface area (Å²) in [6.07, 6.45) is 1.78. The molecule has 26 heavy (non-hydrogen) atoms. The van der Waals surface area contributed by atoms with Crippen LogP contribution < -0.4 is 4.72 Å². The number of carbonyl (C=O) groups is 1. The molecule has 0 radical (unpaired) electrons. The van der Waals surface area contributed by atoms with Crippen LogP contribution in [0.5, 0.6) is 0 Å². The molecule has 0 spiro atoms. The molecule has 5 rings (SSSR count). The van der Waals surface area contributed by atoms with Gasteiger partial charge in [0.05, 0.1) is 24.4 Å². The molecule has 1 fully saturated rings. The molecule has 2 aliphatic rings. The van der Waals surface area contributed by atoms with E-state index in [4.69, 9.17) is 4.74 Å². The maximum absolute atomic E-state index is 13.2. The van der Waals surface area contributed by atoms with Gasteiger partial charge in [-0.3, -0.25) is 9.78 Å². The number of hydrogen-bond donors (Lipinski definition) is 1. The Bertz CT molecular complexity index is 1020. The van der Waals surface area contributed by atoms with Crippen LogP contribution in [0, 0.1) is 0 Å². The van der Waals surface area contributed by atoms with Gasteiger partial charge >= 0.3 is 0 Å². The average Bonchev–Trinajstić information content (AvgIpc) is 2.73. The van der Waals surface area contributed by atoms with Crippen LogP contribution in [0.1, 0.15) is 10.4 Å². The van der Waals surface area contributed by atoms with Crippen LogP contribution >= 0.6 is 11.9 Å². The molecule has 0 aliphatic carbocycles. The van der Waals surface area contributed by atoms with Crippen molar-refractivity contribution in [2.24, 2.45) is 0 Å². The molecular formula is C20H17N3O2S. The lowest BCUT2D eigenvalue weighted by atomic mass is 9.96. The Labute approximate surface area is 155 Å². The van der Waals surface area contributed by atoms with E-state index in [2.05, 4.69) is 21.8 Å². The predicted molar refractivity (Wildman–Crippen MR) is 103 cm³/mol. The van der Waals surface area contributed by atoms with Crippen LogP contribution in [0.4, 0.5) is 5.69 Å². The number of nitrogens with one attached hydrogen (secondary N) is 1. The van der Waals surface area contributed by atoms with Gasteiger partial charge in [0.15, 0.2) is 0 Å². The SMILES string of the molecule is O=C(c1cc2c(c3ncccc13)NSc1ccccc1-2)N1CCOCC1. The van der Waals surface area contributed by atoms with Gasteiger partial charge in [-0.1, -0.05) is 24.3 Å². The molecule has 2 aliphatic heterocycles. The van der Waals surface area contributed by atoms with Gasteiger partial charge in [0, 0.05) is 40.7 Å². The van der Waals surface area contributed by atoms with Crippen molar-refractivity contribution < 1.29 is 9.53 Å². The zero-order valence-electron chi connectivity index (χ0n) is 14.1. The van der Waals surface area contributed by atoms with Crippen LogP contribution in [0.25, 0.3) is 22.0 Å². The summed E-state index contributed by atoms with van der Waals surface area (Å²) in [6, 6.07) is 14.1. The van der Waals surface area contributed by atoms with Crippen molar-refractivity contribution >= 4 is 34.4 Å². The zero-order valence-corrected chi connectivity index (χ0v) is 14.9. The molecule has 0 unspecified atom stereocenters. The topological polar surface area (TPSA) is 54.5 Å². The lowest BCUT2D eigenvalue weighted by Crippen LogP contribution is -2.40. The summed E-state index contributed by atoms with van der Waals surface area (Å²) < 4.78 is 8.81. The van der Waals surface area contributed by atoms with Crippen LogP contribution in [0.15, 0.2) is 53.6 Å². The van der Waals surface area contributed by atoms with Crippen LogP contribution in [0.3, 0.4) is 0 Å². The number of fused-ring (bicyclic) bond motifs is 5. The Morgan fingerprint density at radius 3 is 2.85 bits per heavy atom. The minimum absolute atomic E-state index is 0.0461. The quantitative estimate of drug-likeness (QED) is 0.667. The van der Waals surface area contributed by atoms with Crippen LogP contribution in [0.2, 0.25) is 0 Å². The molecule has 3 aromatic rings. The van der Waals surface area contributed by atoms with E-state index >= 15 is 0 Å². The van der Waals surface area contributed by atoms with E-state index < -0.39 is 0 Å². The Morgan fingerprint density at radius 2 is 1.96 bits per heavy atom. The van der Waals surface area contributed by atoms with Gasteiger partial charge in [0.2, 0.25) is 0 Å². The second kappa shape index (κ2) is 6.30. The Kier molecular flexibility index (Phi) is 3.80. The average molecular weight is 363 g/mol.